The van der Waals surface area contributed by atoms with Gasteiger partial charge < -0.3 is 14.0 Å². The Kier molecular flexibility index (Phi) is 3.62. The van der Waals surface area contributed by atoms with Gasteiger partial charge in [0.15, 0.2) is 0 Å². The summed E-state index contributed by atoms with van der Waals surface area (Å²) in [5.41, 5.74) is 1.36. The maximum atomic E-state index is 6.06. The molecule has 2 heterocycles. The van der Waals surface area contributed by atoms with Gasteiger partial charge in [-0.15, -0.1) is 0 Å². The van der Waals surface area contributed by atoms with Crippen LogP contribution in [0, 0.1) is 6.92 Å². The van der Waals surface area contributed by atoms with Crippen molar-refractivity contribution in [2.24, 2.45) is 0 Å². The maximum Gasteiger partial charge on any atom is 0.495 e. The SMILES string of the molecule is CCOc1cc(B2OC(C)(C)C(C)(C)O2)c(C)cn1. The molecule has 1 fully saturated rings. The molecule has 4 nitrogen and oxygen atoms in total. The Morgan fingerprint density at radius 1 is 1.21 bits per heavy atom. The van der Waals surface area contributed by atoms with Gasteiger partial charge in [-0.25, -0.2) is 4.98 Å². The van der Waals surface area contributed by atoms with Crippen molar-refractivity contribution in [2.45, 2.75) is 52.7 Å². The van der Waals surface area contributed by atoms with E-state index >= 15 is 0 Å². The molecule has 5 heteroatoms. The standard InChI is InChI=1S/C14H22BNO3/c1-7-17-12-8-11(10(2)9-16-12)15-18-13(3,4)14(5,6)19-15/h8-9H,7H2,1-6H3. The molecule has 0 atom stereocenters. The Balaban J connectivity index is 2.31. The van der Waals surface area contributed by atoms with Crippen LogP contribution in [0.15, 0.2) is 12.3 Å². The number of aromatic nitrogens is 1. The first-order valence-corrected chi connectivity index (χ1v) is 6.72. The summed E-state index contributed by atoms with van der Waals surface area (Å²) in [6, 6.07) is 1.90. The molecule has 0 aromatic carbocycles. The van der Waals surface area contributed by atoms with Gasteiger partial charge in [-0.1, -0.05) is 0 Å². The van der Waals surface area contributed by atoms with Gasteiger partial charge in [0.1, 0.15) is 0 Å². The summed E-state index contributed by atoms with van der Waals surface area (Å²) in [5, 5.41) is 0. The van der Waals surface area contributed by atoms with Crippen LogP contribution in [-0.2, 0) is 9.31 Å². The highest BCUT2D eigenvalue weighted by molar-refractivity contribution is 6.62. The molecule has 104 valence electrons. The fourth-order valence-electron chi connectivity index (χ4n) is 1.97. The van der Waals surface area contributed by atoms with Gasteiger partial charge in [-0.05, 0) is 52.6 Å². The molecule has 2 rings (SSSR count). The number of rotatable bonds is 3. The third-order valence-electron chi connectivity index (χ3n) is 3.92. The average molecular weight is 263 g/mol. The highest BCUT2D eigenvalue weighted by atomic mass is 16.7. The topological polar surface area (TPSA) is 40.6 Å². The van der Waals surface area contributed by atoms with Crippen molar-refractivity contribution in [3.05, 3.63) is 17.8 Å². The molecular weight excluding hydrogens is 241 g/mol. The molecule has 0 N–H and O–H groups in total. The van der Waals surface area contributed by atoms with E-state index in [2.05, 4.69) is 4.98 Å². The van der Waals surface area contributed by atoms with Crippen LogP contribution in [0.5, 0.6) is 5.88 Å². The van der Waals surface area contributed by atoms with Gasteiger partial charge in [-0.2, -0.15) is 0 Å². The first kappa shape index (κ1) is 14.3. The predicted molar refractivity (Wildman–Crippen MR) is 75.9 cm³/mol. The normalized spacial score (nSPS) is 20.6. The molecule has 1 aliphatic heterocycles. The fourth-order valence-corrected chi connectivity index (χ4v) is 1.97. The van der Waals surface area contributed by atoms with Gasteiger partial charge >= 0.3 is 7.12 Å². The molecule has 1 saturated heterocycles. The molecule has 0 aliphatic carbocycles. The van der Waals surface area contributed by atoms with E-state index in [9.17, 15) is 0 Å². The minimum Gasteiger partial charge on any atom is -0.478 e. The molecular formula is C14H22BNO3. The van der Waals surface area contributed by atoms with Gasteiger partial charge in [-0.3, -0.25) is 0 Å². The van der Waals surface area contributed by atoms with Crippen LogP contribution >= 0.6 is 0 Å². The summed E-state index contributed by atoms with van der Waals surface area (Å²) < 4.78 is 17.6. The van der Waals surface area contributed by atoms with E-state index in [0.29, 0.717) is 12.5 Å². The molecule has 1 aromatic rings. The quantitative estimate of drug-likeness (QED) is 0.783. The lowest BCUT2D eigenvalue weighted by Crippen LogP contribution is -2.41. The predicted octanol–water partition coefficient (Wildman–Crippen LogP) is 2.09. The Bertz CT molecular complexity index is 458. The van der Waals surface area contributed by atoms with E-state index in [1.165, 1.54) is 0 Å². The molecule has 0 radical (unpaired) electrons. The van der Waals surface area contributed by atoms with E-state index in [-0.39, 0.29) is 18.3 Å². The Hall–Kier alpha value is -1.07. The molecule has 0 unspecified atom stereocenters. The Morgan fingerprint density at radius 3 is 2.32 bits per heavy atom. The van der Waals surface area contributed by atoms with Crippen molar-refractivity contribution >= 4 is 12.6 Å². The third-order valence-corrected chi connectivity index (χ3v) is 3.92. The van der Waals surface area contributed by atoms with Crippen LogP contribution in [0.25, 0.3) is 0 Å². The Morgan fingerprint density at radius 2 is 1.79 bits per heavy atom. The Labute approximate surface area is 115 Å². The summed E-state index contributed by atoms with van der Waals surface area (Å²) in [4.78, 5) is 4.24. The van der Waals surface area contributed by atoms with Gasteiger partial charge in [0, 0.05) is 12.3 Å². The smallest absolute Gasteiger partial charge is 0.478 e. The number of pyridine rings is 1. The average Bonchev–Trinajstić information content (AvgIpc) is 2.51. The number of hydrogen-bond donors (Lipinski definition) is 0. The minimum atomic E-state index is -0.368. The molecule has 0 bridgehead atoms. The monoisotopic (exact) mass is 263 g/mol. The van der Waals surface area contributed by atoms with Gasteiger partial charge in [0.2, 0.25) is 5.88 Å². The fraction of sp³-hybridized carbons (Fsp3) is 0.643. The number of ether oxygens (including phenoxy) is 1. The zero-order valence-corrected chi connectivity index (χ0v) is 12.6. The number of aryl methyl sites for hydroxylation is 1. The summed E-state index contributed by atoms with van der Waals surface area (Å²) >= 11 is 0. The van der Waals surface area contributed by atoms with Crippen LogP contribution in [0.2, 0.25) is 0 Å². The first-order chi connectivity index (χ1) is 8.77. The zero-order chi connectivity index (χ0) is 14.3. The second kappa shape index (κ2) is 4.80. The summed E-state index contributed by atoms with van der Waals surface area (Å²) in [6.45, 7) is 12.7. The molecule has 1 aliphatic rings. The van der Waals surface area contributed by atoms with Crippen LogP contribution in [0.3, 0.4) is 0 Å². The molecule has 0 amide bonds. The van der Waals surface area contributed by atoms with Crippen molar-refractivity contribution in [2.75, 3.05) is 6.61 Å². The molecule has 0 spiro atoms. The van der Waals surface area contributed by atoms with E-state index in [1.54, 1.807) is 6.20 Å². The van der Waals surface area contributed by atoms with Crippen molar-refractivity contribution in [3.63, 3.8) is 0 Å². The van der Waals surface area contributed by atoms with E-state index < -0.39 is 0 Å². The molecule has 0 saturated carbocycles. The lowest BCUT2D eigenvalue weighted by Gasteiger charge is -2.32. The largest absolute Gasteiger partial charge is 0.495 e. The van der Waals surface area contributed by atoms with Crippen LogP contribution < -0.4 is 10.2 Å². The van der Waals surface area contributed by atoms with Gasteiger partial charge in [0.25, 0.3) is 0 Å². The summed E-state index contributed by atoms with van der Waals surface area (Å²) in [6.07, 6.45) is 1.80. The third kappa shape index (κ3) is 2.62. The van der Waals surface area contributed by atoms with E-state index in [0.717, 1.165) is 11.0 Å². The molecule has 19 heavy (non-hydrogen) atoms. The summed E-state index contributed by atoms with van der Waals surface area (Å²) in [7, 11) is -0.368. The van der Waals surface area contributed by atoms with Crippen molar-refractivity contribution in [1.82, 2.24) is 4.98 Å². The lowest BCUT2D eigenvalue weighted by atomic mass is 9.77. The van der Waals surface area contributed by atoms with Crippen LogP contribution in [0.1, 0.15) is 40.2 Å². The highest BCUT2D eigenvalue weighted by Gasteiger charge is 2.52. The number of hydrogen-bond acceptors (Lipinski definition) is 4. The maximum absolute atomic E-state index is 6.06. The number of nitrogens with zero attached hydrogens (tertiary/aromatic N) is 1. The highest BCUT2D eigenvalue weighted by Crippen LogP contribution is 2.36. The van der Waals surface area contributed by atoms with E-state index in [1.807, 2.05) is 47.6 Å². The van der Waals surface area contributed by atoms with Crippen molar-refractivity contribution in [1.29, 1.82) is 0 Å². The van der Waals surface area contributed by atoms with Crippen molar-refractivity contribution < 1.29 is 14.0 Å². The van der Waals surface area contributed by atoms with E-state index in [4.69, 9.17) is 14.0 Å². The lowest BCUT2D eigenvalue weighted by molar-refractivity contribution is 0.00578. The van der Waals surface area contributed by atoms with Gasteiger partial charge in [0.05, 0.1) is 17.8 Å². The second-order valence-electron chi connectivity index (χ2n) is 5.90. The van der Waals surface area contributed by atoms with Crippen molar-refractivity contribution in [3.8, 4) is 5.88 Å². The summed E-state index contributed by atoms with van der Waals surface area (Å²) in [5.74, 6) is 0.609. The second-order valence-corrected chi connectivity index (χ2v) is 5.90. The van der Waals surface area contributed by atoms with Crippen LogP contribution in [-0.4, -0.2) is 29.9 Å². The molecule has 1 aromatic heterocycles. The van der Waals surface area contributed by atoms with Crippen LogP contribution in [0.4, 0.5) is 0 Å². The zero-order valence-electron chi connectivity index (χ0n) is 12.6. The minimum absolute atomic E-state index is 0.334. The first-order valence-electron chi connectivity index (χ1n) is 6.72.